The van der Waals surface area contributed by atoms with Crippen LogP contribution in [0.4, 0.5) is 5.69 Å². The number of anilines is 1. The van der Waals surface area contributed by atoms with E-state index in [1.54, 1.807) is 19.1 Å². The second-order valence-electron chi connectivity index (χ2n) is 5.87. The number of ketones is 1. The summed E-state index contributed by atoms with van der Waals surface area (Å²) in [7, 11) is 0. The molecule has 1 fully saturated rings. The van der Waals surface area contributed by atoms with Crippen molar-refractivity contribution in [3.8, 4) is 0 Å². The molecular weight excluding hydrogens is 310 g/mol. The summed E-state index contributed by atoms with van der Waals surface area (Å²) in [4.78, 5) is 36.1. The Kier molecular flexibility index (Phi) is 4.46. The molecule has 1 saturated heterocycles. The molecule has 126 valence electrons. The quantitative estimate of drug-likeness (QED) is 0.568. The summed E-state index contributed by atoms with van der Waals surface area (Å²) >= 11 is 0. The molecule has 24 heavy (non-hydrogen) atoms. The maximum Gasteiger partial charge on any atom is 0.360 e. The largest absolute Gasteiger partial charge is 0.421 e. The van der Waals surface area contributed by atoms with Crippen molar-refractivity contribution in [1.29, 1.82) is 0 Å². The zero-order valence-corrected chi connectivity index (χ0v) is 13.3. The van der Waals surface area contributed by atoms with Gasteiger partial charge < -0.3 is 20.8 Å². The van der Waals surface area contributed by atoms with Crippen LogP contribution in [-0.2, 0) is 4.79 Å². The average Bonchev–Trinajstić information content (AvgIpc) is 3.11. The van der Waals surface area contributed by atoms with Gasteiger partial charge in [0.2, 0.25) is 5.91 Å². The van der Waals surface area contributed by atoms with Crippen molar-refractivity contribution in [2.24, 2.45) is 5.73 Å². The minimum Gasteiger partial charge on any atom is -0.421 e. The highest BCUT2D eigenvalue weighted by Gasteiger charge is 2.24. The molecule has 0 bridgehead atoms. The summed E-state index contributed by atoms with van der Waals surface area (Å²) in [6, 6.07) is 4.54. The number of hydrogen-bond donors (Lipinski definition) is 3. The van der Waals surface area contributed by atoms with Crippen molar-refractivity contribution in [2.45, 2.75) is 25.8 Å². The van der Waals surface area contributed by atoms with Gasteiger partial charge in [0, 0.05) is 10.9 Å². The predicted molar refractivity (Wildman–Crippen MR) is 90.3 cm³/mol. The number of nitrogens with two attached hydrogens (primary N) is 1. The van der Waals surface area contributed by atoms with Crippen LogP contribution < -0.4 is 22.0 Å². The van der Waals surface area contributed by atoms with Crippen LogP contribution in [0.15, 0.2) is 27.4 Å². The lowest BCUT2D eigenvalue weighted by molar-refractivity contribution is -0.117. The smallest absolute Gasteiger partial charge is 0.360 e. The Morgan fingerprint density at radius 2 is 2.21 bits per heavy atom. The zero-order chi connectivity index (χ0) is 17.3. The number of aryl methyl sites for hydroxylation is 1. The van der Waals surface area contributed by atoms with Crippen LogP contribution in [0.5, 0.6) is 0 Å². The summed E-state index contributed by atoms with van der Waals surface area (Å²) in [6.07, 6.45) is 1.68. The Balaban J connectivity index is 1.99. The van der Waals surface area contributed by atoms with Crippen LogP contribution in [-0.4, -0.2) is 30.8 Å². The number of nitrogens with one attached hydrogen (secondary N) is 2. The molecule has 2 heterocycles. The Bertz CT molecular complexity index is 866. The molecule has 2 aromatic rings. The first-order valence-electron chi connectivity index (χ1n) is 7.86. The summed E-state index contributed by atoms with van der Waals surface area (Å²) in [5.74, 6) is -0.473. The fourth-order valence-electron chi connectivity index (χ4n) is 2.91. The number of carbonyl (C=O) groups excluding carboxylic acids is 2. The first kappa shape index (κ1) is 16.4. The van der Waals surface area contributed by atoms with Crippen LogP contribution in [0.1, 0.15) is 28.8 Å². The topological polar surface area (TPSA) is 114 Å². The van der Waals surface area contributed by atoms with E-state index in [1.807, 2.05) is 0 Å². The fourth-order valence-corrected chi connectivity index (χ4v) is 2.91. The van der Waals surface area contributed by atoms with Crippen molar-refractivity contribution in [3.05, 3.63) is 39.7 Å². The van der Waals surface area contributed by atoms with Gasteiger partial charge in [-0.2, -0.15) is 0 Å². The maximum atomic E-state index is 12.2. The summed E-state index contributed by atoms with van der Waals surface area (Å²) in [6.45, 7) is 2.42. The summed E-state index contributed by atoms with van der Waals surface area (Å²) < 4.78 is 5.29. The van der Waals surface area contributed by atoms with E-state index in [4.69, 9.17) is 10.2 Å². The van der Waals surface area contributed by atoms with E-state index < -0.39 is 5.63 Å². The molecule has 1 aliphatic heterocycles. The van der Waals surface area contributed by atoms with E-state index in [2.05, 4.69) is 10.6 Å². The summed E-state index contributed by atoms with van der Waals surface area (Å²) in [5.41, 5.74) is 6.15. The van der Waals surface area contributed by atoms with Crippen molar-refractivity contribution >= 4 is 28.3 Å². The van der Waals surface area contributed by atoms with Crippen molar-refractivity contribution in [2.75, 3.05) is 18.4 Å². The highest BCUT2D eigenvalue weighted by atomic mass is 16.4. The van der Waals surface area contributed by atoms with E-state index in [1.165, 1.54) is 6.07 Å². The van der Waals surface area contributed by atoms with Gasteiger partial charge in [0.25, 0.3) is 0 Å². The fraction of sp³-hybridized carbons (Fsp3) is 0.353. The lowest BCUT2D eigenvalue weighted by Crippen LogP contribution is -2.36. The van der Waals surface area contributed by atoms with E-state index in [-0.39, 0.29) is 30.0 Å². The molecule has 0 spiro atoms. The third-order valence-electron chi connectivity index (χ3n) is 4.30. The molecule has 1 unspecified atom stereocenters. The first-order valence-corrected chi connectivity index (χ1v) is 7.86. The van der Waals surface area contributed by atoms with Gasteiger partial charge in [-0.1, -0.05) is 12.1 Å². The third-order valence-corrected chi connectivity index (χ3v) is 4.30. The number of rotatable bonds is 4. The maximum absolute atomic E-state index is 12.2. The number of Topliss-reactive ketones (excluding diaryl/α,β-unsaturated/α-hetero) is 1. The molecule has 1 atom stereocenters. The monoisotopic (exact) mass is 329 g/mol. The number of benzene rings is 1. The predicted octanol–water partition coefficient (Wildman–Crippen LogP) is 0.933. The zero-order valence-electron chi connectivity index (χ0n) is 13.3. The SMILES string of the molecule is Cc1c(NC(=O)C2CCCN2)c(=O)oc2cc(C(=O)CN)ccc12. The third kappa shape index (κ3) is 2.95. The van der Waals surface area contributed by atoms with E-state index >= 15 is 0 Å². The highest BCUT2D eigenvalue weighted by Crippen LogP contribution is 2.24. The van der Waals surface area contributed by atoms with Gasteiger partial charge in [-0.05, 0) is 37.9 Å². The summed E-state index contributed by atoms with van der Waals surface area (Å²) in [5, 5.41) is 6.42. The van der Waals surface area contributed by atoms with Crippen LogP contribution in [0.3, 0.4) is 0 Å². The van der Waals surface area contributed by atoms with Gasteiger partial charge in [0.05, 0.1) is 12.6 Å². The van der Waals surface area contributed by atoms with Gasteiger partial charge in [-0.25, -0.2) is 4.79 Å². The molecule has 0 radical (unpaired) electrons. The van der Waals surface area contributed by atoms with E-state index in [9.17, 15) is 14.4 Å². The molecule has 4 N–H and O–H groups in total. The normalized spacial score (nSPS) is 17.2. The Morgan fingerprint density at radius 1 is 1.42 bits per heavy atom. The van der Waals surface area contributed by atoms with Crippen molar-refractivity contribution in [1.82, 2.24) is 5.32 Å². The standard InChI is InChI=1S/C17H19N3O4/c1-9-11-5-4-10(13(21)8-18)7-14(11)24-17(23)15(9)20-16(22)12-3-2-6-19-12/h4-5,7,12,19H,2-3,6,8,18H2,1H3,(H,20,22). The molecule has 0 saturated carbocycles. The van der Waals surface area contributed by atoms with Gasteiger partial charge in [-0.3, -0.25) is 9.59 Å². The molecule has 1 aromatic carbocycles. The van der Waals surface area contributed by atoms with Crippen LogP contribution >= 0.6 is 0 Å². The van der Waals surface area contributed by atoms with Crippen LogP contribution in [0, 0.1) is 6.92 Å². The second-order valence-corrected chi connectivity index (χ2v) is 5.87. The van der Waals surface area contributed by atoms with E-state index in [0.29, 0.717) is 22.1 Å². The van der Waals surface area contributed by atoms with Gasteiger partial charge >= 0.3 is 5.63 Å². The van der Waals surface area contributed by atoms with Gasteiger partial charge in [0.1, 0.15) is 11.3 Å². The molecule has 1 aliphatic rings. The Morgan fingerprint density at radius 3 is 2.88 bits per heavy atom. The highest BCUT2D eigenvalue weighted by molar-refractivity contribution is 6.02. The molecule has 0 aliphatic carbocycles. The van der Waals surface area contributed by atoms with E-state index in [0.717, 1.165) is 19.4 Å². The minimum atomic E-state index is -0.635. The van der Waals surface area contributed by atoms with Crippen molar-refractivity contribution in [3.63, 3.8) is 0 Å². The molecule has 7 heteroatoms. The molecule has 3 rings (SSSR count). The van der Waals surface area contributed by atoms with Crippen molar-refractivity contribution < 1.29 is 14.0 Å². The minimum absolute atomic E-state index is 0.114. The molecule has 1 amide bonds. The first-order chi connectivity index (χ1) is 11.5. The molecular formula is C17H19N3O4. The number of hydrogen-bond acceptors (Lipinski definition) is 6. The number of carbonyl (C=O) groups is 2. The van der Waals surface area contributed by atoms with Crippen LogP contribution in [0.2, 0.25) is 0 Å². The number of amides is 1. The van der Waals surface area contributed by atoms with Gasteiger partial charge in [-0.15, -0.1) is 0 Å². The second kappa shape index (κ2) is 6.54. The average molecular weight is 329 g/mol. The Hall–Kier alpha value is -2.51. The molecule has 7 nitrogen and oxygen atoms in total. The lowest BCUT2D eigenvalue weighted by atomic mass is 10.0. The van der Waals surface area contributed by atoms with Crippen LogP contribution in [0.25, 0.3) is 11.0 Å². The van der Waals surface area contributed by atoms with Gasteiger partial charge in [0.15, 0.2) is 5.78 Å². The lowest BCUT2D eigenvalue weighted by Gasteiger charge is -2.13. The number of fused-ring (bicyclic) bond motifs is 1. The Labute approximate surface area is 138 Å². The molecule has 1 aromatic heterocycles.